The summed E-state index contributed by atoms with van der Waals surface area (Å²) in [5, 5.41) is 0. The average molecular weight is 362 g/mol. The Balaban J connectivity index is 0.000000257. The van der Waals surface area contributed by atoms with E-state index in [0.29, 0.717) is 0 Å². The Morgan fingerprint density at radius 2 is 1.56 bits per heavy atom. The lowest BCUT2D eigenvalue weighted by atomic mass is 10.1. The zero-order chi connectivity index (χ0) is 19.1. The number of hydrogen-bond donors (Lipinski definition) is 1. The summed E-state index contributed by atoms with van der Waals surface area (Å²) in [6.07, 6.45) is 1.99. The second-order valence-corrected chi connectivity index (χ2v) is 8.29. The molecule has 0 aromatic heterocycles. The molecule has 0 fully saturated rings. The number of nitrogens with one attached hydrogen (secondary N) is 1. The molecule has 2 rings (SSSR count). The van der Waals surface area contributed by atoms with E-state index in [9.17, 15) is 13.0 Å². The van der Waals surface area contributed by atoms with Gasteiger partial charge >= 0.3 is 0 Å². The van der Waals surface area contributed by atoms with Gasteiger partial charge in [-0.15, -0.1) is 0 Å². The Hall–Kier alpha value is -1.95. The van der Waals surface area contributed by atoms with Crippen LogP contribution in [-0.4, -0.2) is 18.5 Å². The Bertz CT molecular complexity index is 761. The highest BCUT2D eigenvalue weighted by atomic mass is 32.2. The molecule has 0 amide bonds. The Kier molecular flexibility index (Phi) is 7.55. The van der Waals surface area contributed by atoms with Crippen LogP contribution < -0.4 is 4.90 Å². The molecule has 0 heterocycles. The van der Waals surface area contributed by atoms with Crippen LogP contribution in [-0.2, 0) is 16.7 Å². The van der Waals surface area contributed by atoms with Gasteiger partial charge in [0.25, 0.3) is 0 Å². The van der Waals surface area contributed by atoms with E-state index in [2.05, 4.69) is 51.6 Å². The molecule has 0 spiro atoms. The van der Waals surface area contributed by atoms with Crippen LogP contribution in [0.25, 0.3) is 0 Å². The van der Waals surface area contributed by atoms with Crippen molar-refractivity contribution >= 4 is 10.1 Å². The minimum absolute atomic E-state index is 0.178. The van der Waals surface area contributed by atoms with Gasteiger partial charge in [-0.2, -0.15) is 0 Å². The third kappa shape index (κ3) is 7.65. The number of hydrogen-bond acceptors (Lipinski definition) is 3. The maximum absolute atomic E-state index is 10.4. The van der Waals surface area contributed by atoms with Crippen molar-refractivity contribution in [3.8, 4) is 0 Å². The molecule has 2 aromatic rings. The normalized spacial score (nSPS) is 12.7. The lowest BCUT2D eigenvalue weighted by Gasteiger charge is -2.28. The standard InChI is InChI=1S/C13H19N.C7H8O3S/c1-5-14(13(2,3)4)11-12-9-7-6-8-10-12;1-6-2-4-7(5-3-6)11(8,9)10/h5-10H,1,11H2,2-4H3;2-5H,1H3,(H,8,9,10). The second kappa shape index (κ2) is 8.94. The first-order chi connectivity index (χ1) is 11.5. The van der Waals surface area contributed by atoms with Gasteiger partial charge in [0, 0.05) is 5.56 Å². The molecular formula is C20H27NO3S. The van der Waals surface area contributed by atoms with Crippen LogP contribution in [0, 0.1) is 6.92 Å². The maximum atomic E-state index is 10.4. The number of rotatable bonds is 4. The van der Waals surface area contributed by atoms with E-state index in [1.807, 2.05) is 19.2 Å². The van der Waals surface area contributed by atoms with Gasteiger partial charge in [0.2, 0.25) is 0 Å². The molecule has 0 bridgehead atoms. The molecule has 1 atom stereocenters. The first-order valence-electron chi connectivity index (χ1n) is 8.09. The van der Waals surface area contributed by atoms with E-state index in [0.717, 1.165) is 12.1 Å². The smallest absolute Gasteiger partial charge is 0.124 e. The molecule has 2 aromatic carbocycles. The molecule has 5 heteroatoms. The van der Waals surface area contributed by atoms with Gasteiger partial charge in [0.1, 0.15) is 16.7 Å². The maximum Gasteiger partial charge on any atom is 0.124 e. The van der Waals surface area contributed by atoms with E-state index in [4.69, 9.17) is 0 Å². The van der Waals surface area contributed by atoms with E-state index in [1.54, 1.807) is 12.1 Å². The highest BCUT2D eigenvalue weighted by molar-refractivity contribution is 7.85. The third-order valence-corrected chi connectivity index (χ3v) is 4.61. The van der Waals surface area contributed by atoms with Crippen molar-refractivity contribution in [2.75, 3.05) is 0 Å². The van der Waals surface area contributed by atoms with Crippen LogP contribution in [0.15, 0.2) is 72.3 Å². The Morgan fingerprint density at radius 1 is 1.04 bits per heavy atom. The molecule has 0 aliphatic carbocycles. The largest absolute Gasteiger partial charge is 0.744 e. The van der Waals surface area contributed by atoms with Crippen molar-refractivity contribution in [1.82, 2.24) is 0 Å². The molecule has 0 saturated heterocycles. The molecule has 4 nitrogen and oxygen atoms in total. The van der Waals surface area contributed by atoms with Crippen molar-refractivity contribution in [3.63, 3.8) is 0 Å². The van der Waals surface area contributed by atoms with E-state index in [-0.39, 0.29) is 10.4 Å². The number of benzene rings is 2. The van der Waals surface area contributed by atoms with E-state index < -0.39 is 10.1 Å². The van der Waals surface area contributed by atoms with Crippen molar-refractivity contribution in [2.45, 2.75) is 44.7 Å². The van der Waals surface area contributed by atoms with Gasteiger partial charge in [-0.05, 0) is 46.4 Å². The summed E-state index contributed by atoms with van der Waals surface area (Å²) in [6, 6.07) is 16.3. The quantitative estimate of drug-likeness (QED) is 0.852. The molecule has 1 N–H and O–H groups in total. The monoisotopic (exact) mass is 361 g/mol. The molecule has 0 aliphatic rings. The SMILES string of the molecule is C=C[NH+](Cc1ccccc1)C(C)(C)C.Cc1ccc(S(=O)(=O)[O-])cc1. The topological polar surface area (TPSA) is 61.6 Å². The first-order valence-corrected chi connectivity index (χ1v) is 9.50. The van der Waals surface area contributed by atoms with Crippen LogP contribution in [0.5, 0.6) is 0 Å². The van der Waals surface area contributed by atoms with Crippen LogP contribution in [0.4, 0.5) is 0 Å². The Labute approximate surface area is 151 Å². The summed E-state index contributed by atoms with van der Waals surface area (Å²) >= 11 is 0. The first kappa shape index (κ1) is 21.1. The predicted molar refractivity (Wildman–Crippen MR) is 100 cm³/mol. The van der Waals surface area contributed by atoms with Gasteiger partial charge in [-0.1, -0.05) is 48.0 Å². The summed E-state index contributed by atoms with van der Waals surface area (Å²) in [7, 11) is -4.27. The van der Waals surface area contributed by atoms with Crippen molar-refractivity contribution < 1.29 is 17.9 Å². The van der Waals surface area contributed by atoms with Gasteiger partial charge in [-0.25, -0.2) is 8.42 Å². The number of quaternary nitrogens is 1. The summed E-state index contributed by atoms with van der Waals surface area (Å²) in [6.45, 7) is 13.4. The fourth-order valence-electron chi connectivity index (χ4n) is 2.16. The molecule has 1 unspecified atom stereocenters. The average Bonchev–Trinajstić information content (AvgIpc) is 2.52. The lowest BCUT2D eigenvalue weighted by molar-refractivity contribution is -0.910. The fourth-order valence-corrected chi connectivity index (χ4v) is 2.63. The van der Waals surface area contributed by atoms with E-state index in [1.165, 1.54) is 22.6 Å². The Morgan fingerprint density at radius 3 is 1.96 bits per heavy atom. The minimum Gasteiger partial charge on any atom is -0.744 e. The summed E-state index contributed by atoms with van der Waals surface area (Å²) < 4.78 is 31.2. The summed E-state index contributed by atoms with van der Waals surface area (Å²) in [4.78, 5) is 1.21. The van der Waals surface area contributed by atoms with Gasteiger partial charge in [0.15, 0.2) is 0 Å². The van der Waals surface area contributed by atoms with Gasteiger partial charge < -0.3 is 9.45 Å². The third-order valence-electron chi connectivity index (χ3n) is 3.76. The highest BCUT2D eigenvalue weighted by Gasteiger charge is 2.22. The zero-order valence-corrected chi connectivity index (χ0v) is 16.1. The van der Waals surface area contributed by atoms with Crippen LogP contribution >= 0.6 is 0 Å². The molecule has 0 aliphatic heterocycles. The minimum atomic E-state index is -4.27. The zero-order valence-electron chi connectivity index (χ0n) is 15.3. The summed E-state index contributed by atoms with van der Waals surface area (Å²) in [5.41, 5.74) is 2.51. The predicted octanol–water partition coefficient (Wildman–Crippen LogP) is 2.91. The van der Waals surface area contributed by atoms with Crippen LogP contribution in [0.1, 0.15) is 31.9 Å². The van der Waals surface area contributed by atoms with Gasteiger partial charge in [0.05, 0.1) is 16.6 Å². The lowest BCUT2D eigenvalue weighted by Crippen LogP contribution is -3.13. The molecule has 0 saturated carbocycles. The highest BCUT2D eigenvalue weighted by Crippen LogP contribution is 2.08. The second-order valence-electron chi connectivity index (χ2n) is 6.91. The molecule has 25 heavy (non-hydrogen) atoms. The van der Waals surface area contributed by atoms with Crippen molar-refractivity contribution in [1.29, 1.82) is 0 Å². The van der Waals surface area contributed by atoms with Gasteiger partial charge in [-0.3, -0.25) is 0 Å². The number of aryl methyl sites for hydroxylation is 1. The van der Waals surface area contributed by atoms with Crippen molar-refractivity contribution in [3.05, 3.63) is 78.5 Å². The molecule has 136 valence electrons. The van der Waals surface area contributed by atoms with Crippen LogP contribution in [0.3, 0.4) is 0 Å². The van der Waals surface area contributed by atoms with Crippen LogP contribution in [0.2, 0.25) is 0 Å². The van der Waals surface area contributed by atoms with Crippen molar-refractivity contribution in [2.24, 2.45) is 0 Å². The summed E-state index contributed by atoms with van der Waals surface area (Å²) in [5.74, 6) is 0. The molecule has 0 radical (unpaired) electrons. The fraction of sp³-hybridized carbons (Fsp3) is 0.300. The molecular weight excluding hydrogens is 334 g/mol. The van der Waals surface area contributed by atoms with E-state index >= 15 is 0 Å².